The van der Waals surface area contributed by atoms with Crippen molar-refractivity contribution >= 4 is 23.3 Å². The molecule has 1 N–H and O–H groups in total. The summed E-state index contributed by atoms with van der Waals surface area (Å²) in [6.45, 7) is 0. The smallest absolute Gasteiger partial charge is 0.339 e. The second kappa shape index (κ2) is 7.11. The number of carbonyl (C=O) groups is 3. The van der Waals surface area contributed by atoms with Gasteiger partial charge in [0.25, 0.3) is 5.91 Å². The number of fused-ring (bicyclic) bond motifs is 1. The number of ketones is 1. The van der Waals surface area contributed by atoms with E-state index in [9.17, 15) is 14.4 Å². The number of amides is 1. The normalized spacial score (nSPS) is 15.5. The van der Waals surface area contributed by atoms with Crippen LogP contribution in [0.15, 0.2) is 60.9 Å². The zero-order valence-electron chi connectivity index (χ0n) is 15.1. The van der Waals surface area contributed by atoms with E-state index in [2.05, 4.69) is 10.3 Å². The maximum atomic E-state index is 12.5. The molecule has 140 valence electrons. The maximum absolute atomic E-state index is 12.5. The Hall–Kier alpha value is -3.74. The lowest BCUT2D eigenvalue weighted by Gasteiger charge is -2.23. The number of hydrogen-bond acceptors (Lipinski definition) is 5. The van der Waals surface area contributed by atoms with Gasteiger partial charge in [-0.2, -0.15) is 0 Å². The van der Waals surface area contributed by atoms with E-state index in [4.69, 9.17) is 4.74 Å². The Bertz CT molecular complexity index is 1070. The topological polar surface area (TPSA) is 90.3 Å². The molecule has 4 rings (SSSR count). The summed E-state index contributed by atoms with van der Waals surface area (Å²) < 4.78 is 6.90. The summed E-state index contributed by atoms with van der Waals surface area (Å²) in [5.41, 5.74) is 2.25. The van der Waals surface area contributed by atoms with Crippen LogP contribution in [0.5, 0.6) is 0 Å². The van der Waals surface area contributed by atoms with Crippen LogP contribution in [-0.2, 0) is 23.0 Å². The van der Waals surface area contributed by atoms with Crippen molar-refractivity contribution in [3.05, 3.63) is 83.4 Å². The van der Waals surface area contributed by atoms with E-state index in [0.29, 0.717) is 29.1 Å². The molecule has 1 aliphatic rings. The molecule has 1 atom stereocenters. The molecule has 1 aromatic heterocycles. The largest absolute Gasteiger partial charge is 0.448 e. The fraction of sp³-hybridized carbons (Fsp3) is 0.143. The number of ether oxygens (including phenoxy) is 1. The van der Waals surface area contributed by atoms with Gasteiger partial charge in [0.15, 0.2) is 11.9 Å². The van der Waals surface area contributed by atoms with Gasteiger partial charge < -0.3 is 14.6 Å². The highest BCUT2D eigenvalue weighted by molar-refractivity contribution is 6.07. The van der Waals surface area contributed by atoms with Crippen LogP contribution in [0, 0.1) is 0 Å². The monoisotopic (exact) mass is 375 g/mol. The van der Waals surface area contributed by atoms with Gasteiger partial charge in [-0.05, 0) is 35.9 Å². The van der Waals surface area contributed by atoms with Gasteiger partial charge >= 0.3 is 5.97 Å². The van der Waals surface area contributed by atoms with Crippen LogP contribution in [0.4, 0.5) is 5.69 Å². The number of carbonyl (C=O) groups excluding carboxylic acids is 3. The summed E-state index contributed by atoms with van der Waals surface area (Å²) in [5.74, 6) is -0.781. The molecule has 0 saturated heterocycles. The summed E-state index contributed by atoms with van der Waals surface area (Å²) in [5, 5.41) is 2.73. The molecule has 0 radical (unpaired) electrons. The molecular formula is C21H17N3O4. The zero-order chi connectivity index (χ0) is 19.7. The van der Waals surface area contributed by atoms with Gasteiger partial charge in [0.05, 0.1) is 5.56 Å². The average molecular weight is 375 g/mol. The first-order valence-electron chi connectivity index (χ1n) is 8.75. The average Bonchev–Trinajstić information content (AvgIpc) is 3.14. The van der Waals surface area contributed by atoms with E-state index < -0.39 is 18.0 Å². The van der Waals surface area contributed by atoms with E-state index in [0.717, 1.165) is 5.56 Å². The predicted octanol–water partition coefficient (Wildman–Crippen LogP) is 2.37. The molecule has 0 bridgehead atoms. The summed E-state index contributed by atoms with van der Waals surface area (Å²) in [6, 6.07) is 13.6. The summed E-state index contributed by atoms with van der Waals surface area (Å²) in [7, 11) is 1.75. The SMILES string of the molecule is Cn1ccnc1C(=O)c1ccc(NC(=O)[C@@H]2Cc3ccccc3C(=O)O2)cc1. The van der Waals surface area contributed by atoms with Crippen LogP contribution >= 0.6 is 0 Å². The number of cyclic esters (lactones) is 1. The Morgan fingerprint density at radius 2 is 1.89 bits per heavy atom. The van der Waals surface area contributed by atoms with E-state index in [1.54, 1.807) is 60.4 Å². The number of esters is 1. The van der Waals surface area contributed by atoms with Gasteiger partial charge in [-0.15, -0.1) is 0 Å². The number of rotatable bonds is 4. The summed E-state index contributed by atoms with van der Waals surface area (Å²) in [4.78, 5) is 41.0. The summed E-state index contributed by atoms with van der Waals surface area (Å²) in [6.07, 6.45) is 2.69. The second-order valence-electron chi connectivity index (χ2n) is 6.51. The van der Waals surface area contributed by atoms with Crippen LogP contribution in [0.3, 0.4) is 0 Å². The molecule has 0 unspecified atom stereocenters. The minimum absolute atomic E-state index is 0.205. The van der Waals surface area contributed by atoms with Crippen LogP contribution in [0.25, 0.3) is 0 Å². The highest BCUT2D eigenvalue weighted by atomic mass is 16.5. The number of benzene rings is 2. The highest BCUT2D eigenvalue weighted by Crippen LogP contribution is 2.22. The first-order valence-corrected chi connectivity index (χ1v) is 8.75. The number of imidazole rings is 1. The van der Waals surface area contributed by atoms with Crippen LogP contribution in [0.1, 0.15) is 32.1 Å². The minimum atomic E-state index is -0.892. The van der Waals surface area contributed by atoms with Crippen molar-refractivity contribution in [1.29, 1.82) is 0 Å². The Kier molecular flexibility index (Phi) is 4.49. The molecule has 0 spiro atoms. The molecule has 3 aromatic rings. The molecule has 1 aliphatic heterocycles. The molecular weight excluding hydrogens is 358 g/mol. The van der Waals surface area contributed by atoms with Crippen molar-refractivity contribution in [3.8, 4) is 0 Å². The standard InChI is InChI=1S/C21H17N3O4/c1-24-11-10-22-19(24)18(25)13-6-8-15(9-7-13)23-20(26)17-12-14-4-2-3-5-16(14)21(27)28-17/h2-11,17H,12H2,1H3,(H,23,26)/t17-/m0/s1. The Balaban J connectivity index is 1.45. The first-order chi connectivity index (χ1) is 13.5. The van der Waals surface area contributed by atoms with Crippen molar-refractivity contribution < 1.29 is 19.1 Å². The van der Waals surface area contributed by atoms with Crippen LogP contribution in [-0.4, -0.2) is 33.3 Å². The number of hydrogen-bond donors (Lipinski definition) is 1. The number of aryl methyl sites for hydroxylation is 1. The van der Waals surface area contributed by atoms with E-state index >= 15 is 0 Å². The van der Waals surface area contributed by atoms with Crippen LogP contribution in [0.2, 0.25) is 0 Å². The molecule has 2 aromatic carbocycles. The van der Waals surface area contributed by atoms with Crippen molar-refractivity contribution in [2.75, 3.05) is 5.32 Å². The fourth-order valence-corrected chi connectivity index (χ4v) is 3.12. The quantitative estimate of drug-likeness (QED) is 0.558. The van der Waals surface area contributed by atoms with Gasteiger partial charge in [0.2, 0.25) is 5.78 Å². The van der Waals surface area contributed by atoms with Gasteiger partial charge in [0, 0.05) is 37.1 Å². The Morgan fingerprint density at radius 3 is 2.61 bits per heavy atom. The third-order valence-electron chi connectivity index (χ3n) is 4.62. The van der Waals surface area contributed by atoms with Crippen LogP contribution < -0.4 is 5.32 Å². The van der Waals surface area contributed by atoms with E-state index in [1.807, 2.05) is 12.1 Å². The predicted molar refractivity (Wildman–Crippen MR) is 101 cm³/mol. The molecule has 0 saturated carbocycles. The van der Waals surface area contributed by atoms with Gasteiger partial charge in [-0.3, -0.25) is 9.59 Å². The summed E-state index contributed by atoms with van der Waals surface area (Å²) >= 11 is 0. The number of nitrogens with zero attached hydrogens (tertiary/aromatic N) is 2. The molecule has 2 heterocycles. The maximum Gasteiger partial charge on any atom is 0.339 e. The number of aromatic nitrogens is 2. The second-order valence-corrected chi connectivity index (χ2v) is 6.51. The molecule has 7 nitrogen and oxygen atoms in total. The van der Waals surface area contributed by atoms with E-state index in [1.165, 1.54) is 0 Å². The highest BCUT2D eigenvalue weighted by Gasteiger charge is 2.31. The number of anilines is 1. The zero-order valence-corrected chi connectivity index (χ0v) is 15.1. The lowest BCUT2D eigenvalue weighted by Crippen LogP contribution is -2.37. The van der Waals surface area contributed by atoms with Crippen molar-refractivity contribution in [2.24, 2.45) is 7.05 Å². The van der Waals surface area contributed by atoms with Crippen molar-refractivity contribution in [3.63, 3.8) is 0 Å². The molecule has 1 amide bonds. The van der Waals surface area contributed by atoms with Crippen molar-refractivity contribution in [1.82, 2.24) is 9.55 Å². The van der Waals surface area contributed by atoms with E-state index in [-0.39, 0.29) is 5.78 Å². The third-order valence-corrected chi connectivity index (χ3v) is 4.62. The molecule has 0 aliphatic carbocycles. The fourth-order valence-electron chi connectivity index (χ4n) is 3.12. The first kappa shape index (κ1) is 17.7. The molecule has 28 heavy (non-hydrogen) atoms. The van der Waals surface area contributed by atoms with Gasteiger partial charge in [0.1, 0.15) is 0 Å². The van der Waals surface area contributed by atoms with Gasteiger partial charge in [-0.25, -0.2) is 9.78 Å². The van der Waals surface area contributed by atoms with Crippen molar-refractivity contribution in [2.45, 2.75) is 12.5 Å². The lowest BCUT2D eigenvalue weighted by molar-refractivity contribution is -0.125. The lowest BCUT2D eigenvalue weighted by atomic mass is 9.98. The third kappa shape index (κ3) is 3.29. The Labute approximate surface area is 161 Å². The molecule has 0 fully saturated rings. The minimum Gasteiger partial charge on any atom is -0.448 e. The molecule has 7 heteroatoms. The number of nitrogens with one attached hydrogen (secondary N) is 1. The van der Waals surface area contributed by atoms with Gasteiger partial charge in [-0.1, -0.05) is 18.2 Å². The Morgan fingerprint density at radius 1 is 1.14 bits per heavy atom.